The topological polar surface area (TPSA) is 81.1 Å². The molecule has 2 rings (SSSR count). The fourth-order valence-corrected chi connectivity index (χ4v) is 1.79. The largest absolute Gasteiger partial charge is 0.481 e. The molecule has 6 heteroatoms. The van der Waals surface area contributed by atoms with Crippen LogP contribution in [0.25, 0.3) is 11.0 Å². The van der Waals surface area contributed by atoms with E-state index in [0.717, 1.165) is 5.52 Å². The Morgan fingerprint density at radius 1 is 1.56 bits per heavy atom. The van der Waals surface area contributed by atoms with Crippen LogP contribution in [0, 0.1) is 0 Å². The molecule has 1 aromatic heterocycles. The number of hydrogen-bond acceptors (Lipinski definition) is 3. The average molecular weight is 240 g/mol. The normalized spacial score (nSPS) is 10.8. The summed E-state index contributed by atoms with van der Waals surface area (Å²) in [5, 5.41) is 9.14. The van der Waals surface area contributed by atoms with Crippen molar-refractivity contribution in [2.75, 3.05) is 5.73 Å². The van der Waals surface area contributed by atoms with Crippen LogP contribution >= 0.6 is 11.6 Å². The lowest BCUT2D eigenvalue weighted by Crippen LogP contribution is -2.07. The molecule has 16 heavy (non-hydrogen) atoms. The van der Waals surface area contributed by atoms with Crippen LogP contribution in [0.2, 0.25) is 5.02 Å². The molecular formula is C10H10ClN3O2. The van der Waals surface area contributed by atoms with Crippen molar-refractivity contribution in [3.05, 3.63) is 23.2 Å². The second-order valence-electron chi connectivity index (χ2n) is 3.37. The van der Waals surface area contributed by atoms with Gasteiger partial charge < -0.3 is 15.4 Å². The number of nitrogen functional groups attached to an aromatic ring is 1. The maximum atomic E-state index is 10.5. The van der Waals surface area contributed by atoms with Crippen LogP contribution < -0.4 is 5.73 Å². The summed E-state index contributed by atoms with van der Waals surface area (Å²) in [6.45, 7) is 0.290. The Morgan fingerprint density at radius 2 is 2.31 bits per heavy atom. The molecule has 1 aromatic carbocycles. The summed E-state index contributed by atoms with van der Waals surface area (Å²) in [6, 6.07) is 5.31. The first-order valence-corrected chi connectivity index (χ1v) is 5.09. The van der Waals surface area contributed by atoms with Gasteiger partial charge in [0.25, 0.3) is 0 Å². The summed E-state index contributed by atoms with van der Waals surface area (Å²) in [5.41, 5.74) is 7.07. The van der Waals surface area contributed by atoms with Gasteiger partial charge in [-0.25, -0.2) is 4.98 Å². The lowest BCUT2D eigenvalue weighted by Gasteiger charge is -2.03. The molecule has 0 fully saturated rings. The monoisotopic (exact) mass is 239 g/mol. The number of fused-ring (bicyclic) bond motifs is 1. The van der Waals surface area contributed by atoms with Gasteiger partial charge in [-0.15, -0.1) is 0 Å². The number of benzene rings is 1. The number of aliphatic carboxylic acids is 1. The molecule has 0 radical (unpaired) electrons. The molecule has 0 bridgehead atoms. The zero-order valence-electron chi connectivity index (χ0n) is 8.35. The Hall–Kier alpha value is -1.75. The van der Waals surface area contributed by atoms with Gasteiger partial charge in [-0.3, -0.25) is 4.79 Å². The number of halogens is 1. The molecule has 0 amide bonds. The predicted octanol–water partition coefficient (Wildman–Crippen LogP) is 1.75. The quantitative estimate of drug-likeness (QED) is 0.855. The molecular weight excluding hydrogens is 230 g/mol. The maximum absolute atomic E-state index is 10.5. The first kappa shape index (κ1) is 10.8. The van der Waals surface area contributed by atoms with E-state index < -0.39 is 5.97 Å². The van der Waals surface area contributed by atoms with E-state index in [1.807, 2.05) is 6.07 Å². The van der Waals surface area contributed by atoms with Gasteiger partial charge in [0.05, 0.1) is 17.0 Å². The first-order valence-electron chi connectivity index (χ1n) is 4.71. The minimum Gasteiger partial charge on any atom is -0.481 e. The number of carbonyl (C=O) groups is 1. The predicted molar refractivity (Wildman–Crippen MR) is 61.4 cm³/mol. The lowest BCUT2D eigenvalue weighted by atomic mass is 10.3. The fraction of sp³-hybridized carbons (Fsp3) is 0.200. The molecule has 2 aromatic rings. The number of carboxylic acids is 1. The third-order valence-electron chi connectivity index (χ3n) is 2.31. The van der Waals surface area contributed by atoms with Gasteiger partial charge in [0, 0.05) is 6.54 Å². The highest BCUT2D eigenvalue weighted by Gasteiger charge is 2.11. The van der Waals surface area contributed by atoms with Crippen molar-refractivity contribution in [1.29, 1.82) is 0 Å². The SMILES string of the molecule is Nc1nc2c(Cl)cccc2n1CCC(=O)O. The van der Waals surface area contributed by atoms with Gasteiger partial charge in [0.1, 0.15) is 5.52 Å². The molecule has 3 N–H and O–H groups in total. The van der Waals surface area contributed by atoms with Crippen molar-refractivity contribution in [3.8, 4) is 0 Å². The molecule has 5 nitrogen and oxygen atoms in total. The third-order valence-corrected chi connectivity index (χ3v) is 2.61. The highest BCUT2D eigenvalue weighted by atomic mass is 35.5. The number of anilines is 1. The van der Waals surface area contributed by atoms with E-state index in [2.05, 4.69) is 4.98 Å². The van der Waals surface area contributed by atoms with Crippen LogP contribution in [-0.2, 0) is 11.3 Å². The number of imidazole rings is 1. The summed E-state index contributed by atoms with van der Waals surface area (Å²) in [4.78, 5) is 14.6. The standard InChI is InChI=1S/C10H10ClN3O2/c11-6-2-1-3-7-9(6)13-10(12)14(7)5-4-8(15)16/h1-3H,4-5H2,(H2,12,13)(H,15,16). The molecule has 0 aliphatic rings. The van der Waals surface area contributed by atoms with Gasteiger partial charge in [-0.05, 0) is 12.1 Å². The molecule has 0 saturated heterocycles. The molecule has 0 aliphatic heterocycles. The Morgan fingerprint density at radius 3 is 3.00 bits per heavy atom. The Labute approximate surface area is 96.4 Å². The van der Waals surface area contributed by atoms with Crippen molar-refractivity contribution >= 4 is 34.6 Å². The number of rotatable bonds is 3. The van der Waals surface area contributed by atoms with Crippen LogP contribution in [0.15, 0.2) is 18.2 Å². The van der Waals surface area contributed by atoms with Crippen molar-refractivity contribution < 1.29 is 9.90 Å². The minimum absolute atomic E-state index is 0.00216. The molecule has 84 valence electrons. The van der Waals surface area contributed by atoms with Crippen molar-refractivity contribution in [2.24, 2.45) is 0 Å². The first-order chi connectivity index (χ1) is 7.59. The molecule has 0 aliphatic carbocycles. The molecule has 0 saturated carbocycles. The fourth-order valence-electron chi connectivity index (χ4n) is 1.57. The van der Waals surface area contributed by atoms with Crippen molar-refractivity contribution in [1.82, 2.24) is 9.55 Å². The number of aryl methyl sites for hydroxylation is 1. The van der Waals surface area contributed by atoms with Crippen molar-refractivity contribution in [3.63, 3.8) is 0 Å². The van der Waals surface area contributed by atoms with Crippen LogP contribution in [0.1, 0.15) is 6.42 Å². The number of para-hydroxylation sites is 1. The summed E-state index contributed by atoms with van der Waals surface area (Å²) >= 11 is 5.96. The number of hydrogen-bond donors (Lipinski definition) is 2. The van der Waals surface area contributed by atoms with Crippen LogP contribution in [0.4, 0.5) is 5.95 Å². The van der Waals surface area contributed by atoms with E-state index in [1.165, 1.54) is 0 Å². The Bertz CT molecular complexity index is 550. The average Bonchev–Trinajstić information content (AvgIpc) is 2.53. The maximum Gasteiger partial charge on any atom is 0.305 e. The summed E-state index contributed by atoms with van der Waals surface area (Å²) in [7, 11) is 0. The van der Waals surface area contributed by atoms with E-state index in [4.69, 9.17) is 22.4 Å². The van der Waals surface area contributed by atoms with Gasteiger partial charge >= 0.3 is 5.97 Å². The van der Waals surface area contributed by atoms with Crippen LogP contribution in [0.5, 0.6) is 0 Å². The Kier molecular flexibility index (Phi) is 2.70. The summed E-state index contributed by atoms with van der Waals surface area (Å²) in [6.07, 6.45) is 0.00216. The minimum atomic E-state index is -0.872. The van der Waals surface area contributed by atoms with E-state index >= 15 is 0 Å². The second-order valence-corrected chi connectivity index (χ2v) is 3.78. The van der Waals surface area contributed by atoms with Crippen molar-refractivity contribution in [2.45, 2.75) is 13.0 Å². The molecule has 1 heterocycles. The highest BCUT2D eigenvalue weighted by molar-refractivity contribution is 6.35. The van der Waals surface area contributed by atoms with Gasteiger partial charge in [0.2, 0.25) is 5.95 Å². The van der Waals surface area contributed by atoms with Crippen LogP contribution in [-0.4, -0.2) is 20.6 Å². The third kappa shape index (κ3) is 1.81. The number of nitrogens with two attached hydrogens (primary N) is 1. The second kappa shape index (κ2) is 4.02. The molecule has 0 atom stereocenters. The zero-order chi connectivity index (χ0) is 11.7. The van der Waals surface area contributed by atoms with Gasteiger partial charge in [-0.2, -0.15) is 0 Å². The van der Waals surface area contributed by atoms with Crippen LogP contribution in [0.3, 0.4) is 0 Å². The molecule has 0 spiro atoms. The summed E-state index contributed by atoms with van der Waals surface area (Å²) < 4.78 is 1.65. The number of nitrogens with zero attached hydrogens (tertiary/aromatic N) is 2. The van der Waals surface area contributed by atoms with E-state index in [1.54, 1.807) is 16.7 Å². The Balaban J connectivity index is 2.48. The number of aromatic nitrogens is 2. The number of carboxylic acid groups (broad SMARTS) is 1. The summed E-state index contributed by atoms with van der Waals surface area (Å²) in [5.74, 6) is -0.590. The van der Waals surface area contributed by atoms with E-state index in [-0.39, 0.29) is 18.9 Å². The zero-order valence-corrected chi connectivity index (χ0v) is 9.11. The van der Waals surface area contributed by atoms with E-state index in [9.17, 15) is 4.79 Å². The lowest BCUT2D eigenvalue weighted by molar-refractivity contribution is -0.137. The molecule has 0 unspecified atom stereocenters. The van der Waals surface area contributed by atoms with E-state index in [0.29, 0.717) is 10.5 Å². The van der Waals surface area contributed by atoms with Gasteiger partial charge in [0.15, 0.2) is 0 Å². The highest BCUT2D eigenvalue weighted by Crippen LogP contribution is 2.24. The van der Waals surface area contributed by atoms with Gasteiger partial charge in [-0.1, -0.05) is 17.7 Å². The smallest absolute Gasteiger partial charge is 0.305 e.